The Kier molecular flexibility index (Phi) is 6.70. The summed E-state index contributed by atoms with van der Waals surface area (Å²) in [7, 11) is 0. The Morgan fingerprint density at radius 1 is 0.821 bits per heavy atom. The summed E-state index contributed by atoms with van der Waals surface area (Å²) < 4.78 is 0. The minimum absolute atomic E-state index is 0.00653. The van der Waals surface area contributed by atoms with Crippen molar-refractivity contribution in [3.05, 3.63) is 23.8 Å². The van der Waals surface area contributed by atoms with Gasteiger partial charge in [-0.1, -0.05) is 48.5 Å². The Hall–Kier alpha value is -0.960. The molecule has 0 radical (unpaired) electrons. The van der Waals surface area contributed by atoms with Gasteiger partial charge in [-0.3, -0.25) is 4.90 Å². The highest BCUT2D eigenvalue weighted by molar-refractivity contribution is 5.18. The molecule has 1 saturated heterocycles. The Morgan fingerprint density at radius 2 is 1.32 bits per heavy atom. The summed E-state index contributed by atoms with van der Waals surface area (Å²) in [4.78, 5) is 12.0. The average molecular weight is 388 g/mol. The van der Waals surface area contributed by atoms with Crippen molar-refractivity contribution in [1.82, 2.24) is 14.9 Å². The normalized spacial score (nSPS) is 18.5. The highest BCUT2D eigenvalue weighted by atomic mass is 15.2. The van der Waals surface area contributed by atoms with Crippen molar-refractivity contribution >= 4 is 0 Å². The van der Waals surface area contributed by atoms with Gasteiger partial charge in [0.05, 0.1) is 0 Å². The van der Waals surface area contributed by atoms with Gasteiger partial charge in [-0.2, -0.15) is 0 Å². The number of nitrogens with zero attached hydrogens (tertiary/aromatic N) is 3. The van der Waals surface area contributed by atoms with Crippen LogP contribution < -0.4 is 0 Å². The van der Waals surface area contributed by atoms with E-state index in [4.69, 9.17) is 0 Å². The average Bonchev–Trinajstić information content (AvgIpc) is 2.59. The van der Waals surface area contributed by atoms with Gasteiger partial charge in [-0.15, -0.1) is 0 Å². The van der Waals surface area contributed by atoms with E-state index in [-0.39, 0.29) is 10.8 Å². The summed E-state index contributed by atoms with van der Waals surface area (Å²) in [6, 6.07) is 0. The van der Waals surface area contributed by atoms with E-state index in [1.54, 1.807) is 0 Å². The van der Waals surface area contributed by atoms with Crippen LogP contribution in [0.15, 0.2) is 12.4 Å². The molecule has 1 aliphatic rings. The summed E-state index contributed by atoms with van der Waals surface area (Å²) >= 11 is 0. The van der Waals surface area contributed by atoms with Crippen LogP contribution in [0.4, 0.5) is 0 Å². The molecule has 1 aromatic heterocycles. The molecule has 0 bridgehead atoms. The minimum atomic E-state index is 0.00653. The van der Waals surface area contributed by atoms with Gasteiger partial charge >= 0.3 is 0 Å². The van der Waals surface area contributed by atoms with Crippen LogP contribution in [0.1, 0.15) is 106 Å². The maximum absolute atomic E-state index is 4.67. The van der Waals surface area contributed by atoms with E-state index in [9.17, 15) is 0 Å². The first-order valence-electron chi connectivity index (χ1n) is 11.2. The summed E-state index contributed by atoms with van der Waals surface area (Å²) in [5.74, 6) is 1.75. The molecule has 1 aromatic rings. The molecule has 0 N–H and O–H groups in total. The highest BCUT2D eigenvalue weighted by Crippen LogP contribution is 2.42. The molecular weight excluding hydrogens is 342 g/mol. The van der Waals surface area contributed by atoms with E-state index in [2.05, 4.69) is 96.5 Å². The molecule has 0 aliphatic carbocycles. The van der Waals surface area contributed by atoms with Crippen molar-refractivity contribution in [2.24, 2.45) is 11.3 Å². The van der Waals surface area contributed by atoms with Gasteiger partial charge in [0.15, 0.2) is 0 Å². The number of likely N-dealkylation sites (tertiary alicyclic amines) is 1. The predicted molar refractivity (Wildman–Crippen MR) is 121 cm³/mol. The largest absolute Gasteiger partial charge is 0.298 e. The van der Waals surface area contributed by atoms with Crippen molar-refractivity contribution in [3.63, 3.8) is 0 Å². The molecule has 28 heavy (non-hydrogen) atoms. The maximum Gasteiger partial charge on any atom is 0.133 e. The molecule has 3 heteroatoms. The van der Waals surface area contributed by atoms with Gasteiger partial charge in [0.1, 0.15) is 5.82 Å². The van der Waals surface area contributed by atoms with E-state index in [0.29, 0.717) is 11.0 Å². The second-order valence-corrected chi connectivity index (χ2v) is 12.3. The third-order valence-electron chi connectivity index (χ3n) is 7.05. The number of hydrogen-bond acceptors (Lipinski definition) is 3. The van der Waals surface area contributed by atoms with E-state index >= 15 is 0 Å². The van der Waals surface area contributed by atoms with Crippen LogP contribution in [-0.4, -0.2) is 33.5 Å². The molecule has 160 valence electrons. The lowest BCUT2D eigenvalue weighted by Crippen LogP contribution is -2.48. The SMILES string of the molecule is CC(C)(C)c1ncc(C(C)(C)CCC(C)(C)C2CCN(C(C)(C)C)CC2)cn1. The van der Waals surface area contributed by atoms with Crippen LogP contribution >= 0.6 is 0 Å². The highest BCUT2D eigenvalue weighted by Gasteiger charge is 2.36. The fraction of sp³-hybridized carbons (Fsp3) is 0.840. The molecule has 0 amide bonds. The molecule has 0 atom stereocenters. The quantitative estimate of drug-likeness (QED) is 0.588. The first-order valence-corrected chi connectivity index (χ1v) is 11.2. The number of rotatable bonds is 5. The minimum Gasteiger partial charge on any atom is -0.298 e. The van der Waals surface area contributed by atoms with Crippen molar-refractivity contribution in [2.75, 3.05) is 13.1 Å². The van der Waals surface area contributed by atoms with E-state index in [1.165, 1.54) is 44.3 Å². The second kappa shape index (κ2) is 8.05. The summed E-state index contributed by atoms with van der Waals surface area (Å²) in [5, 5.41) is 0. The van der Waals surface area contributed by atoms with Gasteiger partial charge in [0, 0.05) is 23.3 Å². The molecule has 1 aliphatic heterocycles. The predicted octanol–water partition coefficient (Wildman–Crippen LogP) is 6.37. The van der Waals surface area contributed by atoms with Crippen LogP contribution in [0.5, 0.6) is 0 Å². The molecule has 2 rings (SSSR count). The second-order valence-electron chi connectivity index (χ2n) is 12.3. The molecular formula is C25H45N3. The Morgan fingerprint density at radius 3 is 1.75 bits per heavy atom. The molecule has 0 aromatic carbocycles. The molecule has 0 spiro atoms. The lowest BCUT2D eigenvalue weighted by atomic mass is 9.67. The van der Waals surface area contributed by atoms with Crippen molar-refractivity contribution < 1.29 is 0 Å². The fourth-order valence-electron chi connectivity index (χ4n) is 4.38. The van der Waals surface area contributed by atoms with Crippen LogP contribution in [0, 0.1) is 11.3 Å². The van der Waals surface area contributed by atoms with Crippen LogP contribution in [0.25, 0.3) is 0 Å². The zero-order valence-corrected chi connectivity index (χ0v) is 20.3. The van der Waals surface area contributed by atoms with Gasteiger partial charge in [0.2, 0.25) is 0 Å². The van der Waals surface area contributed by atoms with Gasteiger partial charge < -0.3 is 0 Å². The first-order chi connectivity index (χ1) is 12.6. The fourth-order valence-corrected chi connectivity index (χ4v) is 4.38. The standard InChI is InChI=1S/C25H45N3/c1-22(2,3)21-26-17-20(18-27-21)25(9,10)14-13-24(7,8)19-11-15-28(16-12-19)23(4,5)6/h17-19H,11-16H2,1-10H3. The molecule has 3 nitrogen and oxygen atoms in total. The van der Waals surface area contributed by atoms with Crippen molar-refractivity contribution in [3.8, 4) is 0 Å². The third kappa shape index (κ3) is 5.78. The van der Waals surface area contributed by atoms with Gasteiger partial charge in [-0.25, -0.2) is 9.97 Å². The smallest absolute Gasteiger partial charge is 0.133 e. The number of aromatic nitrogens is 2. The van der Waals surface area contributed by atoms with E-state index in [1.807, 2.05) is 0 Å². The Labute approximate surface area is 174 Å². The molecule has 2 heterocycles. The van der Waals surface area contributed by atoms with Crippen LogP contribution in [0.3, 0.4) is 0 Å². The number of piperidine rings is 1. The van der Waals surface area contributed by atoms with Gasteiger partial charge in [0.25, 0.3) is 0 Å². The summed E-state index contributed by atoms with van der Waals surface area (Å²) in [6.45, 7) is 25.7. The van der Waals surface area contributed by atoms with E-state index < -0.39 is 0 Å². The molecule has 0 saturated carbocycles. The Bertz CT molecular complexity index is 621. The zero-order valence-electron chi connectivity index (χ0n) is 20.3. The topological polar surface area (TPSA) is 29.0 Å². The maximum atomic E-state index is 4.67. The molecule has 0 unspecified atom stereocenters. The van der Waals surface area contributed by atoms with Crippen molar-refractivity contribution in [1.29, 1.82) is 0 Å². The lowest BCUT2D eigenvalue weighted by Gasteiger charge is -2.46. The third-order valence-corrected chi connectivity index (χ3v) is 7.05. The van der Waals surface area contributed by atoms with Crippen LogP contribution in [0.2, 0.25) is 0 Å². The molecule has 1 fully saturated rings. The summed E-state index contributed by atoms with van der Waals surface area (Å²) in [5.41, 5.74) is 2.06. The van der Waals surface area contributed by atoms with Crippen molar-refractivity contribution in [2.45, 2.75) is 111 Å². The lowest BCUT2D eigenvalue weighted by molar-refractivity contribution is 0.0411. The van der Waals surface area contributed by atoms with Gasteiger partial charge in [-0.05, 0) is 81.9 Å². The Balaban J connectivity index is 1.97. The first kappa shape index (κ1) is 23.3. The monoisotopic (exact) mass is 387 g/mol. The number of hydrogen-bond donors (Lipinski definition) is 0. The zero-order chi connectivity index (χ0) is 21.4. The summed E-state index contributed by atoms with van der Waals surface area (Å²) in [6.07, 6.45) is 9.20. The van der Waals surface area contributed by atoms with E-state index in [0.717, 1.165) is 11.7 Å². The van der Waals surface area contributed by atoms with Crippen LogP contribution in [-0.2, 0) is 10.8 Å².